The topological polar surface area (TPSA) is 47.6 Å². The first-order valence-electron chi connectivity index (χ1n) is 7.32. The number of ether oxygens (including phenoxy) is 1. The molecule has 0 aliphatic heterocycles. The molecule has 0 aliphatic carbocycles. The van der Waals surface area contributed by atoms with E-state index in [1.807, 2.05) is 73.8 Å². The summed E-state index contributed by atoms with van der Waals surface area (Å²) < 4.78 is 5.44. The Bertz CT molecular complexity index is 807. The lowest BCUT2D eigenvalue weighted by Gasteiger charge is -2.05. The molecule has 0 aromatic heterocycles. The van der Waals surface area contributed by atoms with E-state index in [1.54, 1.807) is 0 Å². The number of fused-ring (bicyclic) bond motifs is 1. The van der Waals surface area contributed by atoms with E-state index in [0.717, 1.165) is 33.5 Å². The minimum absolute atomic E-state index is 0.671. The van der Waals surface area contributed by atoms with Gasteiger partial charge in [-0.05, 0) is 48.9 Å². The third-order valence-electron chi connectivity index (χ3n) is 3.48. The monoisotopic (exact) mass is 290 g/mol. The van der Waals surface area contributed by atoms with Crippen molar-refractivity contribution < 1.29 is 4.74 Å². The van der Waals surface area contributed by atoms with Crippen LogP contribution in [0.3, 0.4) is 0 Å². The average Bonchev–Trinajstić information content (AvgIpc) is 2.56. The largest absolute Gasteiger partial charge is 0.494 e. The molecule has 0 unspecified atom stereocenters. The van der Waals surface area contributed by atoms with E-state index in [9.17, 15) is 0 Å². The summed E-state index contributed by atoms with van der Waals surface area (Å²) in [6, 6.07) is 19.8. The van der Waals surface area contributed by atoms with Crippen LogP contribution in [0.2, 0.25) is 0 Å². The van der Waals surface area contributed by atoms with Gasteiger partial charge in [-0.3, -0.25) is 4.99 Å². The maximum Gasteiger partial charge on any atom is 0.119 e. The number of anilines is 1. The zero-order valence-corrected chi connectivity index (χ0v) is 12.5. The summed E-state index contributed by atoms with van der Waals surface area (Å²) in [7, 11) is 0. The Balaban J connectivity index is 1.91. The molecule has 0 amide bonds. The molecule has 2 N–H and O–H groups in total. The van der Waals surface area contributed by atoms with Gasteiger partial charge in [-0.25, -0.2) is 0 Å². The zero-order valence-electron chi connectivity index (χ0n) is 12.5. The van der Waals surface area contributed by atoms with Crippen molar-refractivity contribution in [3.8, 4) is 5.75 Å². The van der Waals surface area contributed by atoms with Gasteiger partial charge in [-0.1, -0.05) is 24.3 Å². The van der Waals surface area contributed by atoms with Crippen molar-refractivity contribution in [3.63, 3.8) is 0 Å². The molecule has 0 radical (unpaired) electrons. The summed E-state index contributed by atoms with van der Waals surface area (Å²) in [6.07, 6.45) is 1.85. The molecular weight excluding hydrogens is 272 g/mol. The fraction of sp³-hybridized carbons (Fsp3) is 0.105. The van der Waals surface area contributed by atoms with Crippen molar-refractivity contribution in [2.45, 2.75) is 6.92 Å². The Morgan fingerprint density at radius 3 is 2.41 bits per heavy atom. The minimum atomic E-state index is 0.671. The van der Waals surface area contributed by atoms with E-state index in [0.29, 0.717) is 6.61 Å². The maximum absolute atomic E-state index is 6.01. The van der Waals surface area contributed by atoms with Crippen molar-refractivity contribution in [1.82, 2.24) is 0 Å². The normalized spacial score (nSPS) is 11.1. The molecule has 0 fully saturated rings. The molecule has 110 valence electrons. The van der Waals surface area contributed by atoms with Crippen LogP contribution in [0.15, 0.2) is 65.7 Å². The van der Waals surface area contributed by atoms with E-state index in [1.165, 1.54) is 0 Å². The quantitative estimate of drug-likeness (QED) is 0.565. The van der Waals surface area contributed by atoms with Crippen LogP contribution in [0.4, 0.5) is 11.4 Å². The number of rotatable bonds is 4. The van der Waals surface area contributed by atoms with Crippen LogP contribution in [-0.2, 0) is 0 Å². The maximum atomic E-state index is 6.01. The van der Waals surface area contributed by atoms with Crippen LogP contribution >= 0.6 is 0 Å². The highest BCUT2D eigenvalue weighted by atomic mass is 16.5. The summed E-state index contributed by atoms with van der Waals surface area (Å²) in [6.45, 7) is 2.65. The summed E-state index contributed by atoms with van der Waals surface area (Å²) >= 11 is 0. The number of nitrogens with two attached hydrogens (primary N) is 1. The first-order chi connectivity index (χ1) is 10.8. The van der Waals surface area contributed by atoms with Crippen LogP contribution in [-0.4, -0.2) is 12.8 Å². The second-order valence-electron chi connectivity index (χ2n) is 4.98. The Morgan fingerprint density at radius 1 is 0.955 bits per heavy atom. The third-order valence-corrected chi connectivity index (χ3v) is 3.48. The predicted octanol–water partition coefficient (Wildman–Crippen LogP) is 4.57. The van der Waals surface area contributed by atoms with Crippen LogP contribution in [0.1, 0.15) is 12.5 Å². The minimum Gasteiger partial charge on any atom is -0.494 e. The molecule has 3 rings (SSSR count). The molecule has 22 heavy (non-hydrogen) atoms. The van der Waals surface area contributed by atoms with Crippen LogP contribution < -0.4 is 10.5 Å². The lowest BCUT2D eigenvalue weighted by atomic mass is 10.1. The number of hydrogen-bond donors (Lipinski definition) is 1. The molecule has 0 spiro atoms. The Kier molecular flexibility index (Phi) is 4.05. The Hall–Kier alpha value is -2.81. The van der Waals surface area contributed by atoms with Gasteiger partial charge in [0.2, 0.25) is 0 Å². The summed E-state index contributed by atoms with van der Waals surface area (Å²) in [5.41, 5.74) is 8.73. The molecule has 0 bridgehead atoms. The van der Waals surface area contributed by atoms with E-state index in [2.05, 4.69) is 4.99 Å². The second kappa shape index (κ2) is 6.31. The molecule has 0 aliphatic rings. The van der Waals surface area contributed by atoms with Crippen LogP contribution in [0.5, 0.6) is 5.75 Å². The molecule has 3 nitrogen and oxygen atoms in total. The molecule has 3 heteroatoms. The van der Waals surface area contributed by atoms with E-state index in [-0.39, 0.29) is 0 Å². The summed E-state index contributed by atoms with van der Waals surface area (Å²) in [4.78, 5) is 4.60. The lowest BCUT2D eigenvalue weighted by molar-refractivity contribution is 0.340. The van der Waals surface area contributed by atoms with Gasteiger partial charge in [0.15, 0.2) is 0 Å². The van der Waals surface area contributed by atoms with Gasteiger partial charge in [0, 0.05) is 22.7 Å². The van der Waals surface area contributed by atoms with Gasteiger partial charge in [-0.15, -0.1) is 0 Å². The fourth-order valence-electron chi connectivity index (χ4n) is 2.38. The number of aliphatic imine (C=N–C) groups is 1. The van der Waals surface area contributed by atoms with Crippen molar-refractivity contribution in [3.05, 3.63) is 66.2 Å². The average molecular weight is 290 g/mol. The molecule has 3 aromatic carbocycles. The van der Waals surface area contributed by atoms with Crippen LogP contribution in [0.25, 0.3) is 10.8 Å². The van der Waals surface area contributed by atoms with Crippen molar-refractivity contribution >= 4 is 28.4 Å². The van der Waals surface area contributed by atoms with Gasteiger partial charge < -0.3 is 10.5 Å². The van der Waals surface area contributed by atoms with E-state index in [4.69, 9.17) is 10.5 Å². The Morgan fingerprint density at radius 2 is 1.68 bits per heavy atom. The number of nitrogen functional groups attached to an aromatic ring is 1. The predicted molar refractivity (Wildman–Crippen MR) is 93.2 cm³/mol. The first-order valence-corrected chi connectivity index (χ1v) is 7.32. The van der Waals surface area contributed by atoms with Crippen molar-refractivity contribution in [1.29, 1.82) is 0 Å². The standard InChI is InChI=1S/C19H18N2O/c1-2-22-15-9-7-14(8-10-15)13-21-19-12-11-18(20)16-5-3-4-6-17(16)19/h3-13H,2,20H2,1H3. The molecule has 0 saturated heterocycles. The second-order valence-corrected chi connectivity index (χ2v) is 4.98. The molecule has 0 atom stereocenters. The van der Waals surface area contributed by atoms with Crippen LogP contribution in [0, 0.1) is 0 Å². The molecular formula is C19H18N2O. The third kappa shape index (κ3) is 2.93. The lowest BCUT2D eigenvalue weighted by Crippen LogP contribution is -1.91. The van der Waals surface area contributed by atoms with Crippen molar-refractivity contribution in [2.24, 2.45) is 4.99 Å². The Labute approximate surface area is 130 Å². The summed E-state index contributed by atoms with van der Waals surface area (Å²) in [5, 5.41) is 2.09. The van der Waals surface area contributed by atoms with Gasteiger partial charge in [0.1, 0.15) is 5.75 Å². The molecule has 3 aromatic rings. The SMILES string of the molecule is CCOc1ccc(C=Nc2ccc(N)c3ccccc23)cc1. The highest BCUT2D eigenvalue weighted by Crippen LogP contribution is 2.30. The van der Waals surface area contributed by atoms with Gasteiger partial charge in [0.05, 0.1) is 12.3 Å². The number of nitrogens with zero attached hydrogens (tertiary/aromatic N) is 1. The highest BCUT2D eigenvalue weighted by Gasteiger charge is 2.01. The van der Waals surface area contributed by atoms with E-state index >= 15 is 0 Å². The molecule has 0 heterocycles. The smallest absolute Gasteiger partial charge is 0.119 e. The number of benzene rings is 3. The van der Waals surface area contributed by atoms with Gasteiger partial charge >= 0.3 is 0 Å². The fourth-order valence-corrected chi connectivity index (χ4v) is 2.38. The van der Waals surface area contributed by atoms with Gasteiger partial charge in [0.25, 0.3) is 0 Å². The summed E-state index contributed by atoms with van der Waals surface area (Å²) in [5.74, 6) is 0.873. The molecule has 0 saturated carbocycles. The number of hydrogen-bond acceptors (Lipinski definition) is 3. The van der Waals surface area contributed by atoms with Gasteiger partial charge in [-0.2, -0.15) is 0 Å². The zero-order chi connectivity index (χ0) is 15.4. The van der Waals surface area contributed by atoms with Crippen molar-refractivity contribution in [2.75, 3.05) is 12.3 Å². The first kappa shape index (κ1) is 14.1. The van der Waals surface area contributed by atoms with E-state index < -0.39 is 0 Å². The highest BCUT2D eigenvalue weighted by molar-refractivity contribution is 6.01.